The molecule has 2 aromatic rings. The van der Waals surface area contributed by atoms with Gasteiger partial charge in [0, 0.05) is 5.69 Å². The zero-order valence-corrected chi connectivity index (χ0v) is 14.6. The number of amides is 1. The van der Waals surface area contributed by atoms with Gasteiger partial charge in [-0.15, -0.1) is 21.8 Å². The zero-order chi connectivity index (χ0) is 16.1. The van der Waals surface area contributed by atoms with Gasteiger partial charge in [0.15, 0.2) is 0 Å². The Hall–Kier alpha value is -1.46. The number of aromatic nitrogens is 2. The minimum absolute atomic E-state index is 0.0910. The highest BCUT2D eigenvalue weighted by molar-refractivity contribution is 7.11. The predicted octanol–water partition coefficient (Wildman–Crippen LogP) is 3.96. The molecule has 1 amide bonds. The van der Waals surface area contributed by atoms with Crippen LogP contribution in [0.4, 0.5) is 5.69 Å². The number of hydrogen-bond donors (Lipinski definition) is 0. The van der Waals surface area contributed by atoms with Crippen molar-refractivity contribution in [3.05, 3.63) is 39.8 Å². The van der Waals surface area contributed by atoms with Gasteiger partial charge in [0.05, 0.1) is 6.54 Å². The van der Waals surface area contributed by atoms with E-state index in [1.54, 1.807) is 4.90 Å². The van der Waals surface area contributed by atoms with Gasteiger partial charge in [-0.3, -0.25) is 4.79 Å². The van der Waals surface area contributed by atoms with E-state index < -0.39 is 5.38 Å². The summed E-state index contributed by atoms with van der Waals surface area (Å²) < 4.78 is 0. The highest BCUT2D eigenvalue weighted by Crippen LogP contribution is 2.25. The number of rotatable bonds is 6. The molecule has 118 valence electrons. The maximum Gasteiger partial charge on any atom is 0.245 e. The van der Waals surface area contributed by atoms with E-state index >= 15 is 0 Å². The number of carbonyl (C=O) groups excluding carboxylic acids is 1. The Morgan fingerprint density at radius 2 is 1.95 bits per heavy atom. The summed E-state index contributed by atoms with van der Waals surface area (Å²) >= 11 is 7.73. The lowest BCUT2D eigenvalue weighted by atomic mass is 10.1. The normalized spacial score (nSPS) is 12.2. The van der Waals surface area contributed by atoms with Crippen molar-refractivity contribution in [1.29, 1.82) is 0 Å². The molecule has 0 aliphatic heterocycles. The van der Waals surface area contributed by atoms with Crippen LogP contribution < -0.4 is 4.90 Å². The Balaban J connectivity index is 2.33. The molecule has 2 rings (SSSR count). The largest absolute Gasteiger partial charge is 0.304 e. The highest BCUT2D eigenvalue weighted by atomic mass is 35.5. The predicted molar refractivity (Wildman–Crippen MR) is 91.6 cm³/mol. The molecule has 0 saturated carbocycles. The number of halogens is 1. The van der Waals surface area contributed by atoms with Crippen LogP contribution in [-0.4, -0.2) is 21.5 Å². The Morgan fingerprint density at radius 3 is 2.55 bits per heavy atom. The SMILES string of the molecule is CCc1nnc(CN(C(=O)C(Cl)CC)c2ccccc2C)s1. The third-order valence-electron chi connectivity index (χ3n) is 3.40. The smallest absolute Gasteiger partial charge is 0.245 e. The molecule has 0 bridgehead atoms. The molecule has 1 heterocycles. The zero-order valence-electron chi connectivity index (χ0n) is 13.0. The van der Waals surface area contributed by atoms with E-state index in [-0.39, 0.29) is 5.91 Å². The van der Waals surface area contributed by atoms with E-state index in [2.05, 4.69) is 10.2 Å². The Morgan fingerprint density at radius 1 is 1.27 bits per heavy atom. The molecule has 1 unspecified atom stereocenters. The van der Waals surface area contributed by atoms with Crippen LogP contribution in [0.2, 0.25) is 0 Å². The second kappa shape index (κ2) is 7.70. The Kier molecular flexibility index (Phi) is 5.91. The molecule has 1 atom stereocenters. The quantitative estimate of drug-likeness (QED) is 0.749. The molecule has 22 heavy (non-hydrogen) atoms. The second-order valence-corrected chi connectivity index (χ2v) is 6.70. The molecule has 6 heteroatoms. The second-order valence-electron chi connectivity index (χ2n) is 5.03. The number of para-hydroxylation sites is 1. The lowest BCUT2D eigenvalue weighted by molar-refractivity contribution is -0.118. The van der Waals surface area contributed by atoms with Crippen molar-refractivity contribution in [2.24, 2.45) is 0 Å². The molecule has 0 spiro atoms. The van der Waals surface area contributed by atoms with Crippen LogP contribution in [0.15, 0.2) is 24.3 Å². The number of alkyl halides is 1. The van der Waals surface area contributed by atoms with E-state index in [0.29, 0.717) is 13.0 Å². The maximum absolute atomic E-state index is 12.7. The van der Waals surface area contributed by atoms with E-state index in [4.69, 9.17) is 11.6 Å². The standard InChI is InChI=1S/C16H20ClN3OS/c1-4-12(17)16(21)20(13-9-7-6-8-11(13)3)10-15-19-18-14(5-2)22-15/h6-9,12H,4-5,10H2,1-3H3. The first kappa shape index (κ1) is 16.9. The molecule has 0 N–H and O–H groups in total. The fraction of sp³-hybridized carbons (Fsp3) is 0.438. The number of benzene rings is 1. The van der Waals surface area contributed by atoms with Gasteiger partial charge in [-0.25, -0.2) is 0 Å². The first-order valence-electron chi connectivity index (χ1n) is 7.39. The van der Waals surface area contributed by atoms with Crippen LogP contribution in [0.3, 0.4) is 0 Å². The average molecular weight is 338 g/mol. The molecular formula is C16H20ClN3OS. The van der Waals surface area contributed by atoms with Gasteiger partial charge in [-0.1, -0.05) is 43.4 Å². The molecule has 0 fully saturated rings. The van der Waals surface area contributed by atoms with Crippen molar-refractivity contribution < 1.29 is 4.79 Å². The van der Waals surface area contributed by atoms with Gasteiger partial charge in [-0.2, -0.15) is 0 Å². The summed E-state index contributed by atoms with van der Waals surface area (Å²) in [4.78, 5) is 14.4. The van der Waals surface area contributed by atoms with Gasteiger partial charge < -0.3 is 4.90 Å². The van der Waals surface area contributed by atoms with E-state index in [1.165, 1.54) is 11.3 Å². The van der Waals surface area contributed by atoms with Crippen molar-refractivity contribution in [1.82, 2.24) is 10.2 Å². The number of aryl methyl sites for hydroxylation is 2. The number of nitrogens with zero attached hydrogens (tertiary/aromatic N) is 3. The monoisotopic (exact) mass is 337 g/mol. The molecule has 0 aliphatic carbocycles. The van der Waals surface area contributed by atoms with Crippen LogP contribution in [0.25, 0.3) is 0 Å². The average Bonchev–Trinajstić information content (AvgIpc) is 2.99. The third-order valence-corrected chi connectivity index (χ3v) is 4.95. The molecule has 4 nitrogen and oxygen atoms in total. The van der Waals surface area contributed by atoms with Gasteiger partial charge in [0.25, 0.3) is 0 Å². The molecule has 1 aromatic carbocycles. The van der Waals surface area contributed by atoms with Crippen LogP contribution in [-0.2, 0) is 17.8 Å². The number of carbonyl (C=O) groups is 1. The lowest BCUT2D eigenvalue weighted by Gasteiger charge is -2.25. The van der Waals surface area contributed by atoms with Crippen LogP contribution in [0.1, 0.15) is 35.8 Å². The summed E-state index contributed by atoms with van der Waals surface area (Å²) in [5.41, 5.74) is 1.91. The highest BCUT2D eigenvalue weighted by Gasteiger charge is 2.24. The molecular weight excluding hydrogens is 318 g/mol. The van der Waals surface area contributed by atoms with Crippen molar-refractivity contribution >= 4 is 34.5 Å². The van der Waals surface area contributed by atoms with Crippen molar-refractivity contribution in [2.75, 3.05) is 4.90 Å². The minimum Gasteiger partial charge on any atom is -0.304 e. The summed E-state index contributed by atoms with van der Waals surface area (Å²) in [6.07, 6.45) is 1.45. The summed E-state index contributed by atoms with van der Waals surface area (Å²) in [5, 5.41) is 9.58. The first-order valence-corrected chi connectivity index (χ1v) is 8.64. The van der Waals surface area contributed by atoms with E-state index in [9.17, 15) is 4.79 Å². The van der Waals surface area contributed by atoms with Gasteiger partial charge in [-0.05, 0) is 31.4 Å². The molecule has 1 aromatic heterocycles. The van der Waals surface area contributed by atoms with Crippen LogP contribution in [0, 0.1) is 6.92 Å². The van der Waals surface area contributed by atoms with Crippen molar-refractivity contribution in [3.8, 4) is 0 Å². The summed E-state index contributed by atoms with van der Waals surface area (Å²) in [5.74, 6) is -0.0910. The topological polar surface area (TPSA) is 46.1 Å². The van der Waals surface area contributed by atoms with Crippen LogP contribution >= 0.6 is 22.9 Å². The molecule has 0 aliphatic rings. The number of anilines is 1. The van der Waals surface area contributed by atoms with Gasteiger partial charge >= 0.3 is 0 Å². The van der Waals surface area contributed by atoms with E-state index in [0.717, 1.165) is 27.7 Å². The molecule has 0 radical (unpaired) electrons. The summed E-state index contributed by atoms with van der Waals surface area (Å²) in [6.45, 7) is 6.35. The minimum atomic E-state index is -0.529. The van der Waals surface area contributed by atoms with Gasteiger partial charge in [0.1, 0.15) is 15.4 Å². The lowest BCUT2D eigenvalue weighted by Crippen LogP contribution is -2.36. The Bertz CT molecular complexity index is 644. The van der Waals surface area contributed by atoms with Crippen molar-refractivity contribution in [2.45, 2.75) is 45.5 Å². The third kappa shape index (κ3) is 3.84. The fourth-order valence-corrected chi connectivity index (χ4v) is 3.01. The first-order chi connectivity index (χ1) is 10.6. The summed E-state index contributed by atoms with van der Waals surface area (Å²) in [6, 6.07) is 7.81. The summed E-state index contributed by atoms with van der Waals surface area (Å²) in [7, 11) is 0. The van der Waals surface area contributed by atoms with Crippen LogP contribution in [0.5, 0.6) is 0 Å². The van der Waals surface area contributed by atoms with Gasteiger partial charge in [0.2, 0.25) is 5.91 Å². The fourth-order valence-electron chi connectivity index (χ4n) is 2.12. The van der Waals surface area contributed by atoms with Crippen molar-refractivity contribution in [3.63, 3.8) is 0 Å². The van der Waals surface area contributed by atoms with E-state index in [1.807, 2.05) is 45.0 Å². The Labute approximate surface area is 140 Å². The molecule has 0 saturated heterocycles. The number of hydrogen-bond acceptors (Lipinski definition) is 4. The maximum atomic E-state index is 12.7.